The second-order valence-corrected chi connectivity index (χ2v) is 4.92. The molecule has 10 heteroatoms. The number of aliphatic hydroxyl groups excluding tert-OH is 1. The summed E-state index contributed by atoms with van der Waals surface area (Å²) >= 11 is 3.04. The number of halogens is 4. The van der Waals surface area contributed by atoms with Gasteiger partial charge in [-0.3, -0.25) is 10.1 Å². The molecule has 1 aromatic carbocycles. The van der Waals surface area contributed by atoms with E-state index in [0.29, 0.717) is 4.47 Å². The van der Waals surface area contributed by atoms with Crippen LogP contribution in [0.3, 0.4) is 0 Å². The lowest BCUT2D eigenvalue weighted by Crippen LogP contribution is -2.19. The summed E-state index contributed by atoms with van der Waals surface area (Å²) in [5.41, 5.74) is -0.428. The van der Waals surface area contributed by atoms with Gasteiger partial charge in [0.2, 0.25) is 5.75 Å². The summed E-state index contributed by atoms with van der Waals surface area (Å²) in [6.45, 7) is -1.03. The Hall–Kier alpha value is -1.39. The van der Waals surface area contributed by atoms with Crippen LogP contribution in [0.1, 0.15) is 18.6 Å². The third kappa shape index (κ3) is 5.48. The second kappa shape index (κ2) is 7.05. The first-order valence-electron chi connectivity index (χ1n) is 5.55. The molecule has 0 bridgehead atoms. The SMILES string of the molecule is C[C@@H](O)c1cc(Br)cc([N+](=O)[O-])c1OCOCC(F)(F)F. The monoisotopic (exact) mass is 373 g/mol. The minimum atomic E-state index is -4.53. The molecule has 0 heterocycles. The number of aliphatic hydroxyl groups is 1. The van der Waals surface area contributed by atoms with Crippen molar-refractivity contribution in [3.05, 3.63) is 32.3 Å². The largest absolute Gasteiger partial charge is 0.460 e. The van der Waals surface area contributed by atoms with Crippen LogP contribution in [0.5, 0.6) is 5.75 Å². The third-order valence-electron chi connectivity index (χ3n) is 2.26. The minimum Gasteiger partial charge on any atom is -0.460 e. The molecule has 0 amide bonds. The van der Waals surface area contributed by atoms with Gasteiger partial charge in [0.05, 0.1) is 11.0 Å². The molecule has 21 heavy (non-hydrogen) atoms. The fourth-order valence-electron chi connectivity index (χ4n) is 1.46. The fourth-order valence-corrected chi connectivity index (χ4v) is 1.92. The highest BCUT2D eigenvalue weighted by atomic mass is 79.9. The molecule has 0 aromatic heterocycles. The smallest absolute Gasteiger partial charge is 0.411 e. The molecule has 0 aliphatic heterocycles. The Morgan fingerprint density at radius 2 is 2.10 bits per heavy atom. The molecule has 1 aromatic rings. The van der Waals surface area contributed by atoms with Crippen molar-refractivity contribution in [1.82, 2.24) is 0 Å². The van der Waals surface area contributed by atoms with Crippen LogP contribution in [0.2, 0.25) is 0 Å². The van der Waals surface area contributed by atoms with Gasteiger partial charge >= 0.3 is 11.9 Å². The number of nitro benzene ring substituents is 1. The number of hydrogen-bond donors (Lipinski definition) is 1. The first kappa shape index (κ1) is 17.7. The molecule has 0 unspecified atom stereocenters. The molecular weight excluding hydrogens is 363 g/mol. The van der Waals surface area contributed by atoms with Crippen molar-refractivity contribution in [1.29, 1.82) is 0 Å². The standard InChI is InChI=1S/C11H11BrF3NO5/c1-6(17)8-2-7(12)3-9(16(18)19)10(8)21-5-20-4-11(13,14)15/h2-3,6,17H,4-5H2,1H3/t6-/m1/s1. The average molecular weight is 374 g/mol. The molecule has 118 valence electrons. The molecule has 6 nitrogen and oxygen atoms in total. The number of rotatable bonds is 6. The predicted molar refractivity (Wildman–Crippen MR) is 68.9 cm³/mol. The van der Waals surface area contributed by atoms with Crippen molar-refractivity contribution in [3.8, 4) is 5.75 Å². The van der Waals surface area contributed by atoms with Crippen LogP contribution in [0.25, 0.3) is 0 Å². The summed E-state index contributed by atoms with van der Waals surface area (Å²) < 4.78 is 45.2. The maximum absolute atomic E-state index is 11.9. The number of benzene rings is 1. The van der Waals surface area contributed by atoms with Gasteiger partial charge in [-0.2, -0.15) is 13.2 Å². The lowest BCUT2D eigenvalue weighted by molar-refractivity contribution is -0.386. The van der Waals surface area contributed by atoms with E-state index >= 15 is 0 Å². The Balaban J connectivity index is 2.95. The minimum absolute atomic E-state index is 0.0617. The quantitative estimate of drug-likeness (QED) is 0.358. The van der Waals surface area contributed by atoms with Crippen LogP contribution < -0.4 is 4.74 Å². The van der Waals surface area contributed by atoms with E-state index in [2.05, 4.69) is 20.7 Å². The molecule has 0 fully saturated rings. The first-order valence-corrected chi connectivity index (χ1v) is 6.34. The van der Waals surface area contributed by atoms with Crippen LogP contribution in [-0.4, -0.2) is 29.6 Å². The number of hydrogen-bond acceptors (Lipinski definition) is 5. The van der Waals surface area contributed by atoms with Crippen molar-refractivity contribution in [2.75, 3.05) is 13.4 Å². The van der Waals surface area contributed by atoms with Crippen LogP contribution in [0.4, 0.5) is 18.9 Å². The Bertz CT molecular complexity index is 521. The Morgan fingerprint density at radius 3 is 2.57 bits per heavy atom. The van der Waals surface area contributed by atoms with Gasteiger partial charge in [0.1, 0.15) is 6.61 Å². The summed E-state index contributed by atoms with van der Waals surface area (Å²) in [6, 6.07) is 2.49. The number of nitrogens with zero attached hydrogens (tertiary/aromatic N) is 1. The highest BCUT2D eigenvalue weighted by Crippen LogP contribution is 2.37. The zero-order chi connectivity index (χ0) is 16.2. The molecule has 0 radical (unpaired) electrons. The van der Waals surface area contributed by atoms with Gasteiger partial charge in [-0.15, -0.1) is 0 Å². The van der Waals surface area contributed by atoms with Gasteiger partial charge in [0, 0.05) is 16.1 Å². The zero-order valence-electron chi connectivity index (χ0n) is 10.7. The molecule has 1 atom stereocenters. The number of alkyl halides is 3. The molecule has 0 saturated heterocycles. The van der Waals surface area contributed by atoms with E-state index in [-0.39, 0.29) is 11.3 Å². The van der Waals surface area contributed by atoms with Gasteiger partial charge in [-0.25, -0.2) is 0 Å². The predicted octanol–water partition coefficient (Wildman–Crippen LogP) is 3.33. The summed E-state index contributed by atoms with van der Waals surface area (Å²) in [4.78, 5) is 10.2. The Kier molecular flexibility index (Phi) is 5.93. The Labute approximate surface area is 125 Å². The fraction of sp³-hybridized carbons (Fsp3) is 0.455. The zero-order valence-corrected chi connectivity index (χ0v) is 12.3. The van der Waals surface area contributed by atoms with Crippen LogP contribution in [0, 0.1) is 10.1 Å². The molecule has 0 aliphatic rings. The van der Waals surface area contributed by atoms with Crippen LogP contribution >= 0.6 is 15.9 Å². The molecular formula is C11H11BrF3NO5. The number of ether oxygens (including phenoxy) is 2. The maximum Gasteiger partial charge on any atom is 0.411 e. The molecule has 0 aliphatic carbocycles. The maximum atomic E-state index is 11.9. The van der Waals surface area contributed by atoms with Crippen LogP contribution in [0.15, 0.2) is 16.6 Å². The van der Waals surface area contributed by atoms with E-state index in [1.54, 1.807) is 0 Å². The normalized spacial score (nSPS) is 13.0. The van der Waals surface area contributed by atoms with Gasteiger partial charge in [0.25, 0.3) is 0 Å². The molecule has 1 rings (SSSR count). The summed E-state index contributed by atoms with van der Waals surface area (Å²) in [5, 5.41) is 20.5. The summed E-state index contributed by atoms with van der Waals surface area (Å²) in [5.74, 6) is -0.333. The van der Waals surface area contributed by atoms with Gasteiger partial charge in [0.15, 0.2) is 6.79 Å². The highest BCUT2D eigenvalue weighted by molar-refractivity contribution is 9.10. The van der Waals surface area contributed by atoms with E-state index in [9.17, 15) is 28.4 Å². The van der Waals surface area contributed by atoms with Crippen molar-refractivity contribution in [3.63, 3.8) is 0 Å². The first-order chi connectivity index (χ1) is 9.61. The summed E-state index contributed by atoms with van der Waals surface area (Å²) in [7, 11) is 0. The average Bonchev–Trinajstić information content (AvgIpc) is 2.33. The molecule has 0 spiro atoms. The van der Waals surface area contributed by atoms with Crippen LogP contribution in [-0.2, 0) is 4.74 Å². The lowest BCUT2D eigenvalue weighted by Gasteiger charge is -2.14. The lowest BCUT2D eigenvalue weighted by atomic mass is 10.1. The highest BCUT2D eigenvalue weighted by Gasteiger charge is 2.28. The van der Waals surface area contributed by atoms with Crippen molar-refractivity contribution >= 4 is 21.6 Å². The second-order valence-electron chi connectivity index (χ2n) is 4.00. The van der Waals surface area contributed by atoms with Gasteiger partial charge in [-0.1, -0.05) is 15.9 Å². The van der Waals surface area contributed by atoms with E-state index in [1.807, 2.05) is 0 Å². The van der Waals surface area contributed by atoms with Crippen molar-refractivity contribution in [2.45, 2.75) is 19.2 Å². The van der Waals surface area contributed by atoms with E-state index in [0.717, 1.165) is 6.07 Å². The topological polar surface area (TPSA) is 81.8 Å². The van der Waals surface area contributed by atoms with Crippen molar-refractivity contribution in [2.24, 2.45) is 0 Å². The summed E-state index contributed by atoms with van der Waals surface area (Å²) in [6.07, 6.45) is -5.64. The van der Waals surface area contributed by atoms with E-state index < -0.39 is 36.3 Å². The van der Waals surface area contributed by atoms with Gasteiger partial charge < -0.3 is 14.6 Å². The van der Waals surface area contributed by atoms with Gasteiger partial charge in [-0.05, 0) is 13.0 Å². The molecule has 0 saturated carbocycles. The molecule has 1 N–H and O–H groups in total. The Morgan fingerprint density at radius 1 is 1.48 bits per heavy atom. The number of nitro groups is 1. The van der Waals surface area contributed by atoms with E-state index in [4.69, 9.17) is 4.74 Å². The van der Waals surface area contributed by atoms with E-state index in [1.165, 1.54) is 13.0 Å². The van der Waals surface area contributed by atoms with Crippen molar-refractivity contribution < 1.29 is 32.7 Å². The third-order valence-corrected chi connectivity index (χ3v) is 2.72.